The number of piperidine rings is 1. The van der Waals surface area contributed by atoms with E-state index in [2.05, 4.69) is 11.4 Å². The van der Waals surface area contributed by atoms with Crippen LogP contribution in [-0.2, 0) is 4.74 Å². The van der Waals surface area contributed by atoms with Gasteiger partial charge in [-0.2, -0.15) is 5.26 Å². The first-order valence-electron chi connectivity index (χ1n) is 11.3. The molecule has 0 aliphatic carbocycles. The molecule has 0 spiro atoms. The number of hydrogen-bond donors (Lipinski definition) is 1. The van der Waals surface area contributed by atoms with Crippen LogP contribution < -0.4 is 5.32 Å². The van der Waals surface area contributed by atoms with E-state index in [-0.39, 0.29) is 24.0 Å². The van der Waals surface area contributed by atoms with Gasteiger partial charge in [-0.05, 0) is 82.3 Å². The highest BCUT2D eigenvalue weighted by atomic mass is 35.5. The number of fused-ring (bicyclic) bond motifs is 2. The van der Waals surface area contributed by atoms with Crippen molar-refractivity contribution in [1.29, 1.82) is 5.26 Å². The topological polar surface area (TPSA) is 82.4 Å². The molecule has 1 N–H and O–H groups in total. The summed E-state index contributed by atoms with van der Waals surface area (Å²) in [5, 5.41) is 12.6. The molecule has 2 amide bonds. The molecule has 2 aliphatic heterocycles. The minimum atomic E-state index is -0.541. The van der Waals surface area contributed by atoms with Gasteiger partial charge < -0.3 is 15.0 Å². The second-order valence-electron chi connectivity index (χ2n) is 9.80. The van der Waals surface area contributed by atoms with Crippen molar-refractivity contribution in [2.75, 3.05) is 0 Å². The van der Waals surface area contributed by atoms with E-state index in [9.17, 15) is 9.59 Å². The Labute approximate surface area is 199 Å². The van der Waals surface area contributed by atoms with Crippen LogP contribution in [0.4, 0.5) is 4.79 Å². The molecule has 6 nitrogen and oxygen atoms in total. The first-order valence-corrected chi connectivity index (χ1v) is 11.6. The zero-order valence-electron chi connectivity index (χ0n) is 19.1. The van der Waals surface area contributed by atoms with E-state index in [0.717, 1.165) is 36.8 Å². The Morgan fingerprint density at radius 1 is 1.09 bits per heavy atom. The molecule has 2 unspecified atom stereocenters. The molecule has 2 aliphatic rings. The Bertz CT molecular complexity index is 1090. The monoisotopic (exact) mass is 465 g/mol. The molecule has 2 saturated heterocycles. The molecular formula is C26H28ClN3O3. The van der Waals surface area contributed by atoms with E-state index in [1.807, 2.05) is 43.9 Å². The number of carbonyl (C=O) groups excluding carboxylic acids is 2. The van der Waals surface area contributed by atoms with E-state index < -0.39 is 11.7 Å². The molecule has 2 aromatic rings. The van der Waals surface area contributed by atoms with Gasteiger partial charge in [-0.15, -0.1) is 0 Å². The van der Waals surface area contributed by atoms with Crippen molar-refractivity contribution in [2.24, 2.45) is 0 Å². The number of nitrogens with zero attached hydrogens (tertiary/aromatic N) is 2. The van der Waals surface area contributed by atoms with Gasteiger partial charge >= 0.3 is 6.09 Å². The number of rotatable bonds is 3. The van der Waals surface area contributed by atoms with Gasteiger partial charge in [0.15, 0.2) is 0 Å². The van der Waals surface area contributed by atoms with Crippen LogP contribution in [0.1, 0.15) is 62.4 Å². The molecule has 2 bridgehead atoms. The average Bonchev–Trinajstić information content (AvgIpc) is 3.02. The van der Waals surface area contributed by atoms with Crippen molar-refractivity contribution in [2.45, 2.75) is 70.2 Å². The molecule has 2 atom stereocenters. The summed E-state index contributed by atoms with van der Waals surface area (Å²) in [6.07, 6.45) is 2.89. The summed E-state index contributed by atoms with van der Waals surface area (Å²) in [5.41, 5.74) is 2.24. The number of nitrogens with one attached hydrogen (secondary N) is 1. The zero-order valence-corrected chi connectivity index (χ0v) is 19.9. The van der Waals surface area contributed by atoms with Gasteiger partial charge in [0.1, 0.15) is 5.60 Å². The Morgan fingerprint density at radius 3 is 2.30 bits per heavy atom. The van der Waals surface area contributed by atoms with Crippen LogP contribution >= 0.6 is 11.6 Å². The molecule has 172 valence electrons. The van der Waals surface area contributed by atoms with Crippen molar-refractivity contribution in [1.82, 2.24) is 10.2 Å². The second kappa shape index (κ2) is 9.07. The first kappa shape index (κ1) is 23.1. The molecule has 2 aromatic carbocycles. The third-order valence-corrected chi connectivity index (χ3v) is 6.56. The molecule has 4 rings (SSSR count). The van der Waals surface area contributed by atoms with Crippen LogP contribution in [-0.4, -0.2) is 40.6 Å². The normalized spacial score (nSPS) is 21.9. The number of amides is 2. The number of carbonyl (C=O) groups is 2. The van der Waals surface area contributed by atoms with Gasteiger partial charge in [0, 0.05) is 34.3 Å². The number of benzene rings is 2. The van der Waals surface area contributed by atoms with Crippen LogP contribution in [0.2, 0.25) is 5.02 Å². The maximum Gasteiger partial charge on any atom is 0.407 e. The predicted octanol–water partition coefficient (Wildman–Crippen LogP) is 5.54. The molecule has 2 heterocycles. The summed E-state index contributed by atoms with van der Waals surface area (Å²) >= 11 is 6.44. The van der Waals surface area contributed by atoms with Gasteiger partial charge in [0.05, 0.1) is 11.6 Å². The Kier molecular flexibility index (Phi) is 6.36. The fourth-order valence-electron chi connectivity index (χ4n) is 4.85. The number of ether oxygens (including phenoxy) is 1. The third kappa shape index (κ3) is 5.15. The summed E-state index contributed by atoms with van der Waals surface area (Å²) in [6.45, 7) is 5.53. The lowest BCUT2D eigenvalue weighted by Gasteiger charge is -2.39. The van der Waals surface area contributed by atoms with E-state index >= 15 is 0 Å². The number of alkyl carbamates (subject to hydrolysis) is 1. The van der Waals surface area contributed by atoms with E-state index in [1.165, 1.54) is 0 Å². The average molecular weight is 466 g/mol. The highest BCUT2D eigenvalue weighted by molar-refractivity contribution is 6.33. The smallest absolute Gasteiger partial charge is 0.407 e. The molecule has 0 aromatic heterocycles. The van der Waals surface area contributed by atoms with Crippen molar-refractivity contribution >= 4 is 23.6 Å². The lowest BCUT2D eigenvalue weighted by Crippen LogP contribution is -2.53. The third-order valence-electron chi connectivity index (χ3n) is 6.23. The number of nitriles is 1. The molecule has 7 heteroatoms. The standard InChI is InChI=1S/C26H28ClN3O3/c1-26(2,3)33-25(32)29-19-13-20-9-10-21(14-19)30(20)24(31)18-8-11-23(27)22(12-18)17-6-4-16(15-28)5-7-17/h4-8,11-12,19-21H,9-10,13-14H2,1-3H3,(H,29,32). The van der Waals surface area contributed by atoms with Gasteiger partial charge in [-0.3, -0.25) is 4.79 Å². The van der Waals surface area contributed by atoms with E-state index in [4.69, 9.17) is 21.6 Å². The molecule has 0 radical (unpaired) electrons. The summed E-state index contributed by atoms with van der Waals surface area (Å²) in [7, 11) is 0. The van der Waals surface area contributed by atoms with Gasteiger partial charge in [-0.25, -0.2) is 4.79 Å². The summed E-state index contributed by atoms with van der Waals surface area (Å²) < 4.78 is 5.40. The fourth-order valence-corrected chi connectivity index (χ4v) is 5.08. The summed E-state index contributed by atoms with van der Waals surface area (Å²) in [6, 6.07) is 14.8. The van der Waals surface area contributed by atoms with Crippen LogP contribution in [0, 0.1) is 11.3 Å². The van der Waals surface area contributed by atoms with Crippen LogP contribution in [0.25, 0.3) is 11.1 Å². The minimum Gasteiger partial charge on any atom is -0.444 e. The van der Waals surface area contributed by atoms with Crippen molar-refractivity contribution in [3.8, 4) is 17.2 Å². The summed E-state index contributed by atoms with van der Waals surface area (Å²) in [4.78, 5) is 27.7. The zero-order chi connectivity index (χ0) is 23.8. The maximum atomic E-state index is 13.5. The number of hydrogen-bond acceptors (Lipinski definition) is 4. The molecule has 0 saturated carbocycles. The van der Waals surface area contributed by atoms with Gasteiger partial charge in [0.2, 0.25) is 0 Å². The Morgan fingerprint density at radius 2 is 1.73 bits per heavy atom. The molecular weight excluding hydrogens is 438 g/mol. The Hall–Kier alpha value is -3.04. The van der Waals surface area contributed by atoms with Crippen LogP contribution in [0.15, 0.2) is 42.5 Å². The maximum absolute atomic E-state index is 13.5. The van der Waals surface area contributed by atoms with Gasteiger partial charge in [0.25, 0.3) is 5.91 Å². The van der Waals surface area contributed by atoms with Crippen molar-refractivity contribution < 1.29 is 14.3 Å². The lowest BCUT2D eigenvalue weighted by molar-refractivity contribution is 0.0418. The lowest BCUT2D eigenvalue weighted by atomic mass is 9.95. The van der Waals surface area contributed by atoms with E-state index in [1.54, 1.807) is 24.3 Å². The van der Waals surface area contributed by atoms with Crippen molar-refractivity contribution in [3.63, 3.8) is 0 Å². The molecule has 33 heavy (non-hydrogen) atoms. The first-order chi connectivity index (χ1) is 15.6. The largest absolute Gasteiger partial charge is 0.444 e. The second-order valence-corrected chi connectivity index (χ2v) is 10.2. The van der Waals surface area contributed by atoms with Crippen molar-refractivity contribution in [3.05, 3.63) is 58.6 Å². The van der Waals surface area contributed by atoms with Crippen LogP contribution in [0.5, 0.6) is 0 Å². The highest BCUT2D eigenvalue weighted by Gasteiger charge is 2.44. The number of halogens is 1. The summed E-state index contributed by atoms with van der Waals surface area (Å²) in [5.74, 6) is -0.00946. The fraction of sp³-hybridized carbons (Fsp3) is 0.423. The van der Waals surface area contributed by atoms with E-state index in [0.29, 0.717) is 16.1 Å². The minimum absolute atomic E-state index is 0.000766. The predicted molar refractivity (Wildman–Crippen MR) is 127 cm³/mol. The van der Waals surface area contributed by atoms with Gasteiger partial charge in [-0.1, -0.05) is 23.7 Å². The molecule has 2 fully saturated rings. The highest BCUT2D eigenvalue weighted by Crippen LogP contribution is 2.38. The SMILES string of the molecule is CC(C)(C)OC(=O)NC1CC2CCC(C1)N2C(=O)c1ccc(Cl)c(-c2ccc(C#N)cc2)c1. The Balaban J connectivity index is 1.49. The van der Waals surface area contributed by atoms with Crippen LogP contribution in [0.3, 0.4) is 0 Å². The quantitative estimate of drug-likeness (QED) is 0.645.